The van der Waals surface area contributed by atoms with Crippen LogP contribution in [0.2, 0.25) is 0 Å². The van der Waals surface area contributed by atoms with E-state index in [0.29, 0.717) is 6.04 Å². The number of aromatic nitrogens is 2. The summed E-state index contributed by atoms with van der Waals surface area (Å²) in [5, 5.41) is 3.39. The SMILES string of the molecule is CC1(C)CN(c2ccnc(NC3CC3)n2)Cc2ccccc21. The minimum Gasteiger partial charge on any atom is -0.351 e. The Kier molecular flexibility index (Phi) is 3.06. The molecule has 2 aliphatic rings. The van der Waals surface area contributed by atoms with E-state index in [1.807, 2.05) is 12.3 Å². The zero-order valence-electron chi connectivity index (χ0n) is 13.2. The highest BCUT2D eigenvalue weighted by Gasteiger charge is 2.32. The van der Waals surface area contributed by atoms with E-state index in [0.717, 1.165) is 24.9 Å². The van der Waals surface area contributed by atoms with Crippen molar-refractivity contribution in [2.75, 3.05) is 16.8 Å². The molecule has 2 aromatic rings. The van der Waals surface area contributed by atoms with Gasteiger partial charge < -0.3 is 10.2 Å². The first-order valence-electron chi connectivity index (χ1n) is 8.05. The summed E-state index contributed by atoms with van der Waals surface area (Å²) >= 11 is 0. The van der Waals surface area contributed by atoms with Crippen molar-refractivity contribution >= 4 is 11.8 Å². The Bertz CT molecular complexity index is 691. The summed E-state index contributed by atoms with van der Waals surface area (Å²) in [7, 11) is 0. The molecule has 1 aromatic carbocycles. The molecule has 0 radical (unpaired) electrons. The van der Waals surface area contributed by atoms with Gasteiger partial charge in [0, 0.05) is 30.7 Å². The lowest BCUT2D eigenvalue weighted by Gasteiger charge is -2.40. The number of nitrogens with one attached hydrogen (secondary N) is 1. The van der Waals surface area contributed by atoms with E-state index in [9.17, 15) is 0 Å². The monoisotopic (exact) mass is 294 g/mol. The van der Waals surface area contributed by atoms with Gasteiger partial charge in [0.1, 0.15) is 5.82 Å². The van der Waals surface area contributed by atoms with Crippen LogP contribution < -0.4 is 10.2 Å². The molecular weight excluding hydrogens is 272 g/mol. The van der Waals surface area contributed by atoms with Crippen molar-refractivity contribution in [3.63, 3.8) is 0 Å². The summed E-state index contributed by atoms with van der Waals surface area (Å²) < 4.78 is 0. The van der Waals surface area contributed by atoms with Gasteiger partial charge in [-0.1, -0.05) is 38.1 Å². The van der Waals surface area contributed by atoms with Crippen molar-refractivity contribution in [2.24, 2.45) is 0 Å². The maximum absolute atomic E-state index is 4.72. The van der Waals surface area contributed by atoms with Gasteiger partial charge in [-0.2, -0.15) is 4.98 Å². The smallest absolute Gasteiger partial charge is 0.224 e. The van der Waals surface area contributed by atoms with Crippen LogP contribution in [0.3, 0.4) is 0 Å². The minimum absolute atomic E-state index is 0.129. The van der Waals surface area contributed by atoms with Crippen molar-refractivity contribution in [3.05, 3.63) is 47.7 Å². The molecule has 1 aliphatic heterocycles. The molecule has 114 valence electrons. The number of rotatable bonds is 3. The molecule has 1 aliphatic carbocycles. The first kappa shape index (κ1) is 13.6. The number of hydrogen-bond acceptors (Lipinski definition) is 4. The summed E-state index contributed by atoms with van der Waals surface area (Å²) in [6.07, 6.45) is 4.33. The molecule has 0 atom stereocenters. The average Bonchev–Trinajstić information content (AvgIpc) is 3.31. The number of anilines is 2. The second-order valence-corrected chi connectivity index (χ2v) is 7.05. The van der Waals surface area contributed by atoms with Crippen LogP contribution in [-0.4, -0.2) is 22.6 Å². The maximum atomic E-state index is 4.72. The summed E-state index contributed by atoms with van der Waals surface area (Å²) in [6, 6.07) is 11.3. The fourth-order valence-electron chi connectivity index (χ4n) is 3.31. The molecule has 0 spiro atoms. The van der Waals surface area contributed by atoms with Gasteiger partial charge in [0.15, 0.2) is 0 Å². The van der Waals surface area contributed by atoms with E-state index < -0.39 is 0 Å². The van der Waals surface area contributed by atoms with E-state index in [4.69, 9.17) is 4.98 Å². The zero-order valence-corrected chi connectivity index (χ0v) is 13.2. The molecule has 0 unspecified atom stereocenters. The molecule has 4 heteroatoms. The molecule has 1 aromatic heterocycles. The molecule has 2 heterocycles. The van der Waals surface area contributed by atoms with Crippen LogP contribution in [0.1, 0.15) is 37.8 Å². The Morgan fingerprint density at radius 3 is 2.82 bits per heavy atom. The zero-order chi connectivity index (χ0) is 15.2. The van der Waals surface area contributed by atoms with Crippen LogP contribution in [-0.2, 0) is 12.0 Å². The average molecular weight is 294 g/mol. The van der Waals surface area contributed by atoms with Gasteiger partial charge in [0.05, 0.1) is 0 Å². The second kappa shape index (κ2) is 4.97. The first-order valence-corrected chi connectivity index (χ1v) is 8.05. The fraction of sp³-hybridized carbons (Fsp3) is 0.444. The molecule has 0 saturated heterocycles. The van der Waals surface area contributed by atoms with Gasteiger partial charge in [-0.05, 0) is 30.0 Å². The third-order valence-corrected chi connectivity index (χ3v) is 4.57. The third-order valence-electron chi connectivity index (χ3n) is 4.57. The number of fused-ring (bicyclic) bond motifs is 1. The molecule has 4 rings (SSSR count). The normalized spacial score (nSPS) is 19.6. The van der Waals surface area contributed by atoms with E-state index in [-0.39, 0.29) is 5.41 Å². The molecule has 4 nitrogen and oxygen atoms in total. The van der Waals surface area contributed by atoms with Crippen LogP contribution >= 0.6 is 0 Å². The van der Waals surface area contributed by atoms with Crippen LogP contribution in [0.15, 0.2) is 36.5 Å². The topological polar surface area (TPSA) is 41.1 Å². The molecule has 0 bridgehead atoms. The molecular formula is C18H22N4. The largest absolute Gasteiger partial charge is 0.351 e. The molecule has 1 saturated carbocycles. The predicted octanol–water partition coefficient (Wildman–Crippen LogP) is 3.35. The molecule has 22 heavy (non-hydrogen) atoms. The van der Waals surface area contributed by atoms with Gasteiger partial charge in [-0.15, -0.1) is 0 Å². The first-order chi connectivity index (χ1) is 10.6. The highest BCUT2D eigenvalue weighted by molar-refractivity contribution is 5.49. The van der Waals surface area contributed by atoms with E-state index in [2.05, 4.69) is 53.3 Å². The van der Waals surface area contributed by atoms with Crippen molar-refractivity contribution in [3.8, 4) is 0 Å². The van der Waals surface area contributed by atoms with Crippen LogP contribution in [0.5, 0.6) is 0 Å². The Balaban J connectivity index is 1.63. The molecule has 1 fully saturated rings. The summed E-state index contributed by atoms with van der Waals surface area (Å²) in [4.78, 5) is 11.4. The Labute approximate surface area is 131 Å². The Hall–Kier alpha value is -2.10. The second-order valence-electron chi connectivity index (χ2n) is 7.05. The fourth-order valence-corrected chi connectivity index (χ4v) is 3.31. The van der Waals surface area contributed by atoms with Crippen molar-refractivity contribution in [1.29, 1.82) is 0 Å². The summed E-state index contributed by atoms with van der Waals surface area (Å²) in [5.74, 6) is 1.78. The van der Waals surface area contributed by atoms with Crippen LogP contribution in [0.25, 0.3) is 0 Å². The Morgan fingerprint density at radius 2 is 2.00 bits per heavy atom. The maximum Gasteiger partial charge on any atom is 0.224 e. The predicted molar refractivity (Wildman–Crippen MR) is 89.2 cm³/mol. The number of benzene rings is 1. The van der Waals surface area contributed by atoms with Crippen LogP contribution in [0.4, 0.5) is 11.8 Å². The minimum atomic E-state index is 0.129. The summed E-state index contributed by atoms with van der Waals surface area (Å²) in [5.41, 5.74) is 2.98. The standard InChI is InChI=1S/C18H22N4/c1-18(2)12-22(11-13-5-3-4-6-15(13)18)16-9-10-19-17(21-16)20-14-7-8-14/h3-6,9-10,14H,7-8,11-12H2,1-2H3,(H,19,20,21). The van der Waals surface area contributed by atoms with E-state index in [1.165, 1.54) is 24.0 Å². The lowest BCUT2D eigenvalue weighted by atomic mass is 9.78. The number of nitrogens with zero attached hydrogens (tertiary/aromatic N) is 3. The quantitative estimate of drug-likeness (QED) is 0.942. The van der Waals surface area contributed by atoms with Crippen molar-refractivity contribution in [2.45, 2.75) is 44.7 Å². The molecule has 1 N–H and O–H groups in total. The van der Waals surface area contributed by atoms with Gasteiger partial charge in [-0.25, -0.2) is 4.98 Å². The van der Waals surface area contributed by atoms with Crippen molar-refractivity contribution < 1.29 is 0 Å². The number of hydrogen-bond donors (Lipinski definition) is 1. The van der Waals surface area contributed by atoms with Gasteiger partial charge in [0.25, 0.3) is 0 Å². The lowest BCUT2D eigenvalue weighted by Crippen LogP contribution is -2.42. The van der Waals surface area contributed by atoms with Gasteiger partial charge in [-0.3, -0.25) is 0 Å². The highest BCUT2D eigenvalue weighted by Crippen LogP contribution is 2.35. The lowest BCUT2D eigenvalue weighted by molar-refractivity contribution is 0.475. The Morgan fingerprint density at radius 1 is 1.18 bits per heavy atom. The van der Waals surface area contributed by atoms with E-state index in [1.54, 1.807) is 0 Å². The molecule has 0 amide bonds. The summed E-state index contributed by atoms with van der Waals surface area (Å²) in [6.45, 7) is 6.51. The highest BCUT2D eigenvalue weighted by atomic mass is 15.2. The van der Waals surface area contributed by atoms with Crippen molar-refractivity contribution in [1.82, 2.24) is 9.97 Å². The third kappa shape index (κ3) is 2.54. The van der Waals surface area contributed by atoms with Gasteiger partial charge in [0.2, 0.25) is 5.95 Å². The van der Waals surface area contributed by atoms with Crippen LogP contribution in [0, 0.1) is 0 Å². The van der Waals surface area contributed by atoms with Gasteiger partial charge >= 0.3 is 0 Å². The van der Waals surface area contributed by atoms with E-state index >= 15 is 0 Å².